The van der Waals surface area contributed by atoms with E-state index in [2.05, 4.69) is 99.8 Å². The van der Waals surface area contributed by atoms with Crippen LogP contribution in [0.4, 0.5) is 0 Å². The molecule has 0 aromatic rings. The molecule has 216 valence electrons. The highest BCUT2D eigenvalue weighted by molar-refractivity contribution is 6.74. The van der Waals surface area contributed by atoms with Crippen molar-refractivity contribution in [3.63, 3.8) is 0 Å². The van der Waals surface area contributed by atoms with E-state index in [9.17, 15) is 5.11 Å². The summed E-state index contributed by atoms with van der Waals surface area (Å²) in [7, 11) is -3.89. The van der Waals surface area contributed by atoms with Gasteiger partial charge in [-0.3, -0.25) is 0 Å². The van der Waals surface area contributed by atoms with E-state index in [1.807, 2.05) is 6.92 Å². The van der Waals surface area contributed by atoms with Crippen LogP contribution in [-0.4, -0.2) is 40.1 Å². The third-order valence-corrected chi connectivity index (χ3v) is 21.2. The van der Waals surface area contributed by atoms with E-state index >= 15 is 0 Å². The van der Waals surface area contributed by atoms with Crippen molar-refractivity contribution in [1.29, 1.82) is 0 Å². The Kier molecular flexibility index (Phi) is 7.66. The lowest BCUT2D eigenvalue weighted by Gasteiger charge is -2.59. The predicted molar refractivity (Wildman–Crippen MR) is 166 cm³/mol. The second kappa shape index (κ2) is 9.54. The molecule has 4 aliphatic rings. The molecular formula is C33H58O3Si2. The van der Waals surface area contributed by atoms with E-state index < -0.39 is 16.6 Å². The van der Waals surface area contributed by atoms with Crippen molar-refractivity contribution in [1.82, 2.24) is 0 Å². The Balaban J connectivity index is 1.74. The van der Waals surface area contributed by atoms with Gasteiger partial charge in [0.1, 0.15) is 0 Å². The third kappa shape index (κ3) is 4.84. The Morgan fingerprint density at radius 1 is 0.921 bits per heavy atom. The van der Waals surface area contributed by atoms with Gasteiger partial charge in [-0.05, 0) is 98.1 Å². The lowest BCUT2D eigenvalue weighted by molar-refractivity contribution is -0.0394. The molecule has 0 radical (unpaired) electrons. The summed E-state index contributed by atoms with van der Waals surface area (Å²) in [5.74, 6) is 1.00. The second-order valence-corrected chi connectivity index (χ2v) is 26.1. The Morgan fingerprint density at radius 3 is 2.05 bits per heavy atom. The minimum Gasteiger partial charge on any atom is -0.414 e. The molecule has 0 spiro atoms. The van der Waals surface area contributed by atoms with Crippen molar-refractivity contribution in [2.24, 2.45) is 22.7 Å². The maximum absolute atomic E-state index is 10.6. The van der Waals surface area contributed by atoms with Gasteiger partial charge in [-0.15, -0.1) is 0 Å². The number of hydrogen-bond acceptors (Lipinski definition) is 3. The molecule has 0 aromatic carbocycles. The largest absolute Gasteiger partial charge is 0.414 e. The van der Waals surface area contributed by atoms with Crippen LogP contribution >= 0.6 is 0 Å². The van der Waals surface area contributed by atoms with Gasteiger partial charge in [-0.2, -0.15) is 0 Å². The van der Waals surface area contributed by atoms with E-state index in [1.165, 1.54) is 12.0 Å². The first-order valence-electron chi connectivity index (χ1n) is 15.3. The predicted octanol–water partition coefficient (Wildman–Crippen LogP) is 9.18. The average molecular weight is 559 g/mol. The standard InChI is InChI=1S/C33H58O3Si2/c1-22(34)26-16-17-27-25-15-14-23-20-24(35-37(10,11)30(2,3)4)21-29(36-38(12,13)31(5,6)7)33(23,9)28(25)18-19-32(26,27)8/h14-16,22,24,27-29,34H,17-21H2,1-13H3/t22-,24+,27?,28?,29-,32+,33-/m0/s1. The zero-order chi connectivity index (χ0) is 28.7. The maximum atomic E-state index is 10.6. The molecule has 0 bridgehead atoms. The van der Waals surface area contributed by atoms with Crippen LogP contribution in [0, 0.1) is 22.7 Å². The van der Waals surface area contributed by atoms with Crippen LogP contribution in [0.3, 0.4) is 0 Å². The molecule has 0 aromatic heterocycles. The first-order valence-corrected chi connectivity index (χ1v) is 21.1. The molecule has 5 heteroatoms. The van der Waals surface area contributed by atoms with Crippen LogP contribution in [0.15, 0.2) is 34.9 Å². The van der Waals surface area contributed by atoms with E-state index in [4.69, 9.17) is 8.85 Å². The average Bonchev–Trinajstić information content (AvgIpc) is 3.10. The first kappa shape index (κ1) is 30.5. The van der Waals surface area contributed by atoms with Gasteiger partial charge < -0.3 is 14.0 Å². The summed E-state index contributed by atoms with van der Waals surface area (Å²) in [6.45, 7) is 30.7. The fourth-order valence-electron chi connectivity index (χ4n) is 7.66. The SMILES string of the molecule is C[C@H](O)C1=CCC2C3=CC=C4C[C@@H](O[Si](C)(C)C(C)(C)C)C[C@H](O[Si](C)(C)C(C)(C)C)[C@]4(C)C3CC[C@]12C. The number of allylic oxidation sites excluding steroid dienone is 4. The van der Waals surface area contributed by atoms with Crippen LogP contribution in [0.25, 0.3) is 0 Å². The number of rotatable bonds is 5. The van der Waals surface area contributed by atoms with Crippen LogP contribution in [0.1, 0.15) is 94.4 Å². The molecule has 2 saturated carbocycles. The Bertz CT molecular complexity index is 1020. The van der Waals surface area contributed by atoms with E-state index in [0.717, 1.165) is 25.7 Å². The molecule has 38 heavy (non-hydrogen) atoms. The number of aliphatic hydroxyl groups excluding tert-OH is 1. The lowest BCUT2D eigenvalue weighted by atomic mass is 9.49. The molecule has 1 N–H and O–H groups in total. The van der Waals surface area contributed by atoms with Gasteiger partial charge in [0.2, 0.25) is 0 Å². The molecule has 2 unspecified atom stereocenters. The van der Waals surface area contributed by atoms with Gasteiger partial charge in [0, 0.05) is 5.41 Å². The highest BCUT2D eigenvalue weighted by Gasteiger charge is 2.59. The molecule has 7 atom stereocenters. The molecule has 0 aliphatic heterocycles. The zero-order valence-electron chi connectivity index (χ0n) is 26.9. The van der Waals surface area contributed by atoms with Crippen molar-refractivity contribution >= 4 is 16.6 Å². The van der Waals surface area contributed by atoms with Crippen molar-refractivity contribution in [2.45, 2.75) is 149 Å². The van der Waals surface area contributed by atoms with Crippen molar-refractivity contribution in [3.05, 3.63) is 34.9 Å². The van der Waals surface area contributed by atoms with Gasteiger partial charge in [0.25, 0.3) is 0 Å². The zero-order valence-corrected chi connectivity index (χ0v) is 28.9. The molecule has 0 saturated heterocycles. The number of aliphatic hydroxyl groups is 1. The second-order valence-electron chi connectivity index (χ2n) is 16.6. The molecule has 0 heterocycles. The maximum Gasteiger partial charge on any atom is 0.192 e. The Morgan fingerprint density at radius 2 is 1.50 bits per heavy atom. The highest BCUT2D eigenvalue weighted by Crippen LogP contribution is 2.65. The van der Waals surface area contributed by atoms with Gasteiger partial charge in [-0.25, -0.2) is 0 Å². The van der Waals surface area contributed by atoms with Crippen LogP contribution in [-0.2, 0) is 8.85 Å². The molecule has 3 nitrogen and oxygen atoms in total. The van der Waals surface area contributed by atoms with Gasteiger partial charge in [0.05, 0.1) is 18.3 Å². The molecule has 2 fully saturated rings. The normalized spacial score (nSPS) is 36.9. The fraction of sp³-hybridized carbons (Fsp3) is 0.818. The summed E-state index contributed by atoms with van der Waals surface area (Å²) >= 11 is 0. The minimum absolute atomic E-state index is 0.00179. The summed E-state index contributed by atoms with van der Waals surface area (Å²) in [6, 6.07) is 0. The van der Waals surface area contributed by atoms with E-state index in [0.29, 0.717) is 11.8 Å². The fourth-order valence-corrected chi connectivity index (χ4v) is 10.4. The van der Waals surface area contributed by atoms with E-state index in [-0.39, 0.29) is 39.2 Å². The number of fused-ring (bicyclic) bond motifs is 5. The molecular weight excluding hydrogens is 501 g/mol. The van der Waals surface area contributed by atoms with Crippen molar-refractivity contribution < 1.29 is 14.0 Å². The summed E-state index contributed by atoms with van der Waals surface area (Å²) < 4.78 is 14.6. The number of hydrogen-bond donors (Lipinski definition) is 1. The minimum atomic E-state index is -2.00. The Labute approximate surface area is 236 Å². The van der Waals surface area contributed by atoms with Crippen LogP contribution in [0.5, 0.6) is 0 Å². The van der Waals surface area contributed by atoms with Crippen molar-refractivity contribution in [3.8, 4) is 0 Å². The summed E-state index contributed by atoms with van der Waals surface area (Å²) in [6.07, 6.45) is 12.8. The van der Waals surface area contributed by atoms with Crippen LogP contribution in [0.2, 0.25) is 36.3 Å². The van der Waals surface area contributed by atoms with Gasteiger partial charge in [0.15, 0.2) is 16.6 Å². The third-order valence-electron chi connectivity index (χ3n) is 12.2. The highest BCUT2D eigenvalue weighted by atomic mass is 28.4. The molecule has 4 aliphatic carbocycles. The van der Waals surface area contributed by atoms with Crippen molar-refractivity contribution in [2.75, 3.05) is 0 Å². The smallest absolute Gasteiger partial charge is 0.192 e. The summed E-state index contributed by atoms with van der Waals surface area (Å²) in [5.41, 5.74) is 4.51. The quantitative estimate of drug-likeness (QED) is 0.270. The topological polar surface area (TPSA) is 38.7 Å². The monoisotopic (exact) mass is 558 g/mol. The van der Waals surface area contributed by atoms with Gasteiger partial charge >= 0.3 is 0 Å². The summed E-state index contributed by atoms with van der Waals surface area (Å²) in [4.78, 5) is 0. The lowest BCUT2D eigenvalue weighted by Crippen LogP contribution is -2.58. The molecule has 0 amide bonds. The Hall–Kier alpha value is -0.466. The van der Waals surface area contributed by atoms with Crippen LogP contribution < -0.4 is 0 Å². The first-order chi connectivity index (χ1) is 17.1. The van der Waals surface area contributed by atoms with Gasteiger partial charge in [-0.1, -0.05) is 84.8 Å². The summed E-state index contributed by atoms with van der Waals surface area (Å²) in [5, 5.41) is 11.0. The van der Waals surface area contributed by atoms with E-state index in [1.54, 1.807) is 11.1 Å². The molecule has 4 rings (SSSR count).